The molecule has 0 heterocycles. The second-order valence-corrected chi connectivity index (χ2v) is 7.02. The number of fused-ring (bicyclic) bond motifs is 3. The van der Waals surface area contributed by atoms with Crippen LogP contribution in [0.4, 0.5) is 4.79 Å². The predicted molar refractivity (Wildman–Crippen MR) is 111 cm³/mol. The SMILES string of the molecule is COC(=O)C(NC(=O)OCC1c2ccccc2-c2ccccc21)c1ccc(O)cc1. The van der Waals surface area contributed by atoms with Crippen LogP contribution in [0.15, 0.2) is 72.8 Å². The summed E-state index contributed by atoms with van der Waals surface area (Å²) in [6.07, 6.45) is -0.722. The smallest absolute Gasteiger partial charge is 0.408 e. The number of methoxy groups -OCH3 is 1. The van der Waals surface area contributed by atoms with E-state index in [0.29, 0.717) is 5.56 Å². The normalized spacial score (nSPS) is 13.1. The lowest BCUT2D eigenvalue weighted by Crippen LogP contribution is -2.35. The summed E-state index contributed by atoms with van der Waals surface area (Å²) in [7, 11) is 1.25. The van der Waals surface area contributed by atoms with Crippen LogP contribution < -0.4 is 5.32 Å². The summed E-state index contributed by atoms with van der Waals surface area (Å²) in [5.74, 6) is -0.647. The summed E-state index contributed by atoms with van der Waals surface area (Å²) in [4.78, 5) is 24.7. The highest BCUT2D eigenvalue weighted by atomic mass is 16.6. The van der Waals surface area contributed by atoms with Gasteiger partial charge in [0.25, 0.3) is 0 Å². The van der Waals surface area contributed by atoms with Gasteiger partial charge in [-0.25, -0.2) is 9.59 Å². The number of carbonyl (C=O) groups is 2. The zero-order valence-corrected chi connectivity index (χ0v) is 16.4. The molecular weight excluding hydrogens is 382 g/mol. The summed E-state index contributed by atoms with van der Waals surface area (Å²) in [6, 6.07) is 21.0. The van der Waals surface area contributed by atoms with E-state index in [1.165, 1.54) is 19.2 Å². The molecule has 0 radical (unpaired) electrons. The van der Waals surface area contributed by atoms with Crippen molar-refractivity contribution in [2.75, 3.05) is 13.7 Å². The maximum Gasteiger partial charge on any atom is 0.408 e. The molecule has 6 nitrogen and oxygen atoms in total. The van der Waals surface area contributed by atoms with Gasteiger partial charge >= 0.3 is 12.1 Å². The van der Waals surface area contributed by atoms with Crippen LogP contribution >= 0.6 is 0 Å². The molecule has 3 aromatic rings. The molecule has 4 rings (SSSR count). The van der Waals surface area contributed by atoms with E-state index in [1.807, 2.05) is 36.4 Å². The van der Waals surface area contributed by atoms with Gasteiger partial charge in [0, 0.05) is 5.92 Å². The van der Waals surface area contributed by atoms with Gasteiger partial charge in [0.2, 0.25) is 0 Å². The lowest BCUT2D eigenvalue weighted by Gasteiger charge is -2.19. The van der Waals surface area contributed by atoms with Crippen LogP contribution in [0.5, 0.6) is 5.75 Å². The highest BCUT2D eigenvalue weighted by Gasteiger charge is 2.30. The molecular formula is C24H21NO5. The Balaban J connectivity index is 1.49. The number of benzene rings is 3. The van der Waals surface area contributed by atoms with Crippen molar-refractivity contribution < 1.29 is 24.2 Å². The largest absolute Gasteiger partial charge is 0.508 e. The number of nitrogens with one attached hydrogen (secondary N) is 1. The van der Waals surface area contributed by atoms with Crippen LogP contribution in [-0.2, 0) is 14.3 Å². The molecule has 1 aliphatic carbocycles. The molecule has 1 aliphatic rings. The molecule has 0 saturated heterocycles. The highest BCUT2D eigenvalue weighted by Crippen LogP contribution is 2.44. The molecule has 0 aliphatic heterocycles. The Labute approximate surface area is 174 Å². The first-order valence-electron chi connectivity index (χ1n) is 9.56. The summed E-state index contributed by atoms with van der Waals surface area (Å²) in [5, 5.41) is 12.0. The lowest BCUT2D eigenvalue weighted by molar-refractivity contribution is -0.143. The minimum Gasteiger partial charge on any atom is -0.508 e. The zero-order valence-electron chi connectivity index (χ0n) is 16.4. The van der Waals surface area contributed by atoms with Crippen LogP contribution in [0.2, 0.25) is 0 Å². The number of phenolic OH excluding ortho intramolecular Hbond substituents is 1. The van der Waals surface area contributed by atoms with Crippen molar-refractivity contribution in [3.05, 3.63) is 89.5 Å². The highest BCUT2D eigenvalue weighted by molar-refractivity contribution is 5.83. The Morgan fingerprint density at radius 3 is 2.07 bits per heavy atom. The molecule has 0 aromatic heterocycles. The van der Waals surface area contributed by atoms with E-state index in [-0.39, 0.29) is 18.3 Å². The number of phenols is 1. The Kier molecular flexibility index (Phi) is 5.39. The first-order valence-corrected chi connectivity index (χ1v) is 9.56. The second kappa shape index (κ2) is 8.29. The van der Waals surface area contributed by atoms with Gasteiger partial charge in [0.15, 0.2) is 6.04 Å². The van der Waals surface area contributed by atoms with Gasteiger partial charge in [-0.3, -0.25) is 0 Å². The molecule has 6 heteroatoms. The summed E-state index contributed by atoms with van der Waals surface area (Å²) >= 11 is 0. The van der Waals surface area contributed by atoms with E-state index in [4.69, 9.17) is 9.47 Å². The average Bonchev–Trinajstić information content (AvgIpc) is 3.10. The van der Waals surface area contributed by atoms with E-state index in [1.54, 1.807) is 12.1 Å². The first kappa shape index (κ1) is 19.5. The van der Waals surface area contributed by atoms with E-state index in [0.717, 1.165) is 22.3 Å². The molecule has 152 valence electrons. The predicted octanol–water partition coefficient (Wildman–Crippen LogP) is 4.15. The Morgan fingerprint density at radius 1 is 0.933 bits per heavy atom. The zero-order chi connectivity index (χ0) is 21.1. The van der Waals surface area contributed by atoms with Gasteiger partial charge in [0.05, 0.1) is 7.11 Å². The van der Waals surface area contributed by atoms with Crippen LogP contribution in [0.3, 0.4) is 0 Å². The molecule has 3 aromatic carbocycles. The molecule has 2 N–H and O–H groups in total. The van der Waals surface area contributed by atoms with Crippen LogP contribution in [-0.4, -0.2) is 30.9 Å². The van der Waals surface area contributed by atoms with E-state index < -0.39 is 18.1 Å². The molecule has 1 amide bonds. The van der Waals surface area contributed by atoms with Crippen molar-refractivity contribution >= 4 is 12.1 Å². The van der Waals surface area contributed by atoms with Crippen molar-refractivity contribution in [1.82, 2.24) is 5.32 Å². The van der Waals surface area contributed by atoms with Crippen LogP contribution in [0, 0.1) is 0 Å². The number of amides is 1. The van der Waals surface area contributed by atoms with Crippen LogP contribution in [0.25, 0.3) is 11.1 Å². The minimum atomic E-state index is -1.04. The monoisotopic (exact) mass is 403 g/mol. The maximum atomic E-state index is 12.5. The molecule has 0 saturated carbocycles. The topological polar surface area (TPSA) is 84.9 Å². The summed E-state index contributed by atoms with van der Waals surface area (Å²) in [6.45, 7) is 0.142. The maximum absolute atomic E-state index is 12.5. The van der Waals surface area contributed by atoms with Gasteiger partial charge in [-0.15, -0.1) is 0 Å². The first-order chi connectivity index (χ1) is 14.6. The van der Waals surface area contributed by atoms with Crippen molar-refractivity contribution in [3.8, 4) is 16.9 Å². The number of rotatable bonds is 5. The number of esters is 1. The van der Waals surface area contributed by atoms with Gasteiger partial charge in [-0.1, -0.05) is 60.7 Å². The third-order valence-electron chi connectivity index (χ3n) is 5.27. The Hall–Kier alpha value is -3.80. The second-order valence-electron chi connectivity index (χ2n) is 7.02. The number of alkyl carbamates (subject to hydrolysis) is 1. The third-order valence-corrected chi connectivity index (χ3v) is 5.27. The Bertz CT molecular complexity index is 1030. The number of aromatic hydroxyl groups is 1. The number of hydrogen-bond donors (Lipinski definition) is 2. The van der Waals surface area contributed by atoms with Crippen molar-refractivity contribution in [3.63, 3.8) is 0 Å². The fraction of sp³-hybridized carbons (Fsp3) is 0.167. The quantitative estimate of drug-likeness (QED) is 0.626. The molecule has 0 spiro atoms. The van der Waals surface area contributed by atoms with E-state index >= 15 is 0 Å². The van der Waals surface area contributed by atoms with Gasteiger partial charge in [-0.05, 0) is 39.9 Å². The minimum absolute atomic E-state index is 0.0588. The van der Waals surface area contributed by atoms with Gasteiger partial charge in [-0.2, -0.15) is 0 Å². The molecule has 30 heavy (non-hydrogen) atoms. The van der Waals surface area contributed by atoms with E-state index in [2.05, 4.69) is 17.4 Å². The molecule has 1 unspecified atom stereocenters. The lowest BCUT2D eigenvalue weighted by atomic mass is 9.98. The summed E-state index contributed by atoms with van der Waals surface area (Å²) in [5.41, 5.74) is 4.97. The number of ether oxygens (including phenoxy) is 2. The fourth-order valence-electron chi connectivity index (χ4n) is 3.82. The molecule has 0 fully saturated rings. The molecule has 1 atom stereocenters. The number of hydrogen-bond acceptors (Lipinski definition) is 5. The molecule has 0 bridgehead atoms. The van der Waals surface area contributed by atoms with Crippen molar-refractivity contribution in [2.24, 2.45) is 0 Å². The third kappa shape index (κ3) is 3.72. The summed E-state index contributed by atoms with van der Waals surface area (Å²) < 4.78 is 10.3. The van der Waals surface area contributed by atoms with Crippen molar-refractivity contribution in [1.29, 1.82) is 0 Å². The standard InChI is InChI=1S/C24H21NO5/c1-29-23(27)22(15-10-12-16(26)13-11-15)25-24(28)30-14-21-19-8-4-2-6-17(19)18-7-3-5-9-20(18)21/h2-13,21-22,26H,14H2,1H3,(H,25,28). The fourth-order valence-corrected chi connectivity index (χ4v) is 3.82. The van der Waals surface area contributed by atoms with Gasteiger partial charge < -0.3 is 19.9 Å². The Morgan fingerprint density at radius 2 is 1.50 bits per heavy atom. The average molecular weight is 403 g/mol. The van der Waals surface area contributed by atoms with Crippen molar-refractivity contribution in [2.45, 2.75) is 12.0 Å². The number of carbonyl (C=O) groups excluding carboxylic acids is 2. The van der Waals surface area contributed by atoms with Crippen LogP contribution in [0.1, 0.15) is 28.7 Å². The van der Waals surface area contributed by atoms with Gasteiger partial charge in [0.1, 0.15) is 12.4 Å². The van der Waals surface area contributed by atoms with E-state index in [9.17, 15) is 14.7 Å².